The second-order valence-corrected chi connectivity index (χ2v) is 9.88. The number of carbonyl (C=O) groups is 2. The van der Waals surface area contributed by atoms with E-state index in [1.54, 1.807) is 18.2 Å². The number of hydrogen-bond donors (Lipinski definition) is 2. The van der Waals surface area contributed by atoms with E-state index in [4.69, 9.17) is 16.3 Å². The molecular formula is C26H29ClN2O4. The zero-order valence-corrected chi connectivity index (χ0v) is 19.2. The van der Waals surface area contributed by atoms with Crippen LogP contribution in [0.15, 0.2) is 48.5 Å². The third kappa shape index (κ3) is 4.73. The van der Waals surface area contributed by atoms with Crippen LogP contribution in [0.25, 0.3) is 0 Å². The summed E-state index contributed by atoms with van der Waals surface area (Å²) in [5.41, 5.74) is 1.92. The molecule has 0 spiro atoms. The number of nitrogens with one attached hydrogen (secondary N) is 1. The molecule has 5 rings (SSSR count). The molecule has 2 aromatic carbocycles. The summed E-state index contributed by atoms with van der Waals surface area (Å²) in [4.78, 5) is 27.7. The quantitative estimate of drug-likeness (QED) is 0.714. The minimum atomic E-state index is -0.784. The van der Waals surface area contributed by atoms with Crippen LogP contribution >= 0.6 is 11.6 Å². The van der Waals surface area contributed by atoms with Gasteiger partial charge in [0.25, 0.3) is 5.91 Å². The summed E-state index contributed by atoms with van der Waals surface area (Å²) in [7, 11) is 0. The lowest BCUT2D eigenvalue weighted by molar-refractivity contribution is -0.141. The molecule has 2 aromatic rings. The molecule has 0 radical (unpaired) electrons. The molecule has 1 saturated heterocycles. The van der Waals surface area contributed by atoms with Gasteiger partial charge in [0.15, 0.2) is 6.10 Å². The molecule has 1 saturated carbocycles. The van der Waals surface area contributed by atoms with Crippen molar-refractivity contribution in [3.8, 4) is 5.75 Å². The van der Waals surface area contributed by atoms with Gasteiger partial charge in [-0.2, -0.15) is 0 Å². The molecular weight excluding hydrogens is 440 g/mol. The lowest BCUT2D eigenvalue weighted by Gasteiger charge is -2.42. The number of halogens is 1. The first kappa shape index (κ1) is 22.2. The summed E-state index contributed by atoms with van der Waals surface area (Å²) in [5.74, 6) is 1.02. The van der Waals surface area contributed by atoms with Crippen molar-refractivity contribution in [2.75, 3.05) is 13.1 Å². The van der Waals surface area contributed by atoms with Gasteiger partial charge in [-0.25, -0.2) is 0 Å². The Morgan fingerprint density at radius 1 is 1.03 bits per heavy atom. The molecule has 174 valence electrons. The van der Waals surface area contributed by atoms with Crippen molar-refractivity contribution in [2.45, 2.75) is 56.3 Å². The maximum absolute atomic E-state index is 12.9. The van der Waals surface area contributed by atoms with E-state index in [9.17, 15) is 14.7 Å². The number of aliphatic hydroxyl groups excluding tert-OH is 1. The van der Waals surface area contributed by atoms with Crippen molar-refractivity contribution < 1.29 is 19.4 Å². The topological polar surface area (TPSA) is 78.9 Å². The Balaban J connectivity index is 1.08. The number of nitrogens with zero attached hydrogens (tertiary/aromatic N) is 1. The summed E-state index contributed by atoms with van der Waals surface area (Å²) >= 11 is 6.00. The smallest absolute Gasteiger partial charge is 0.261 e. The molecule has 2 N–H and O–H groups in total. The number of amides is 2. The maximum Gasteiger partial charge on any atom is 0.261 e. The van der Waals surface area contributed by atoms with Crippen molar-refractivity contribution in [2.24, 2.45) is 5.92 Å². The molecule has 33 heavy (non-hydrogen) atoms. The average molecular weight is 469 g/mol. The number of fused-ring (bicyclic) bond motifs is 1. The SMILES string of the molecule is O=C(NC1CCC(C(=O)N2CC(c3ccccc3)C2)CC1)C1CC(O)c2cc(Cl)ccc2O1. The fraction of sp³-hybridized carbons (Fsp3) is 0.462. The van der Waals surface area contributed by atoms with E-state index in [1.165, 1.54) is 5.56 Å². The van der Waals surface area contributed by atoms with E-state index in [1.807, 2.05) is 23.1 Å². The molecule has 2 atom stereocenters. The fourth-order valence-corrected chi connectivity index (χ4v) is 5.39. The predicted molar refractivity (Wildman–Crippen MR) is 125 cm³/mol. The largest absolute Gasteiger partial charge is 0.480 e. The van der Waals surface area contributed by atoms with Crippen molar-refractivity contribution in [3.63, 3.8) is 0 Å². The van der Waals surface area contributed by atoms with Crippen LogP contribution in [-0.4, -0.2) is 47.1 Å². The summed E-state index contributed by atoms with van der Waals surface area (Å²) in [5, 5.41) is 14.0. The third-order valence-electron chi connectivity index (χ3n) is 7.22. The third-order valence-corrected chi connectivity index (χ3v) is 7.45. The van der Waals surface area contributed by atoms with Gasteiger partial charge in [-0.15, -0.1) is 0 Å². The molecule has 7 heteroatoms. The first-order valence-corrected chi connectivity index (χ1v) is 12.1. The van der Waals surface area contributed by atoms with Crippen molar-refractivity contribution in [3.05, 3.63) is 64.7 Å². The fourth-order valence-electron chi connectivity index (χ4n) is 5.21. The van der Waals surface area contributed by atoms with Gasteiger partial charge in [-0.05, 0) is 49.4 Å². The molecule has 2 unspecified atom stereocenters. The lowest BCUT2D eigenvalue weighted by Crippen LogP contribution is -2.52. The van der Waals surface area contributed by atoms with Crippen LogP contribution in [-0.2, 0) is 9.59 Å². The van der Waals surface area contributed by atoms with Gasteiger partial charge in [-0.3, -0.25) is 9.59 Å². The summed E-state index contributed by atoms with van der Waals surface area (Å²) in [6.45, 7) is 1.60. The average Bonchev–Trinajstić information content (AvgIpc) is 2.79. The van der Waals surface area contributed by atoms with Crippen molar-refractivity contribution in [1.29, 1.82) is 0 Å². The lowest BCUT2D eigenvalue weighted by atomic mass is 9.83. The zero-order chi connectivity index (χ0) is 22.9. The molecule has 2 fully saturated rings. The Kier molecular flexibility index (Phi) is 6.30. The Labute approximate surface area is 198 Å². The molecule has 2 heterocycles. The highest BCUT2D eigenvalue weighted by atomic mass is 35.5. The first-order valence-electron chi connectivity index (χ1n) is 11.8. The van der Waals surface area contributed by atoms with Gasteiger partial charge in [-0.1, -0.05) is 41.9 Å². The van der Waals surface area contributed by atoms with Crippen LogP contribution in [0, 0.1) is 5.92 Å². The minimum Gasteiger partial charge on any atom is -0.480 e. The van der Waals surface area contributed by atoms with Crippen molar-refractivity contribution in [1.82, 2.24) is 10.2 Å². The highest BCUT2D eigenvalue weighted by Gasteiger charge is 2.38. The Morgan fingerprint density at radius 2 is 1.76 bits per heavy atom. The van der Waals surface area contributed by atoms with Gasteiger partial charge in [0.05, 0.1) is 6.10 Å². The second kappa shape index (κ2) is 9.35. The van der Waals surface area contributed by atoms with E-state index >= 15 is 0 Å². The summed E-state index contributed by atoms with van der Waals surface area (Å²) in [6, 6.07) is 15.4. The number of ether oxygens (including phenoxy) is 1. The molecule has 0 aromatic heterocycles. The standard InChI is InChI=1S/C26H29ClN2O4/c27-19-8-11-23-21(12-19)22(30)13-24(33-23)25(31)28-20-9-6-17(7-10-20)26(32)29-14-18(15-29)16-4-2-1-3-5-16/h1-5,8,11-12,17-18,20,22,24,30H,6-7,9-10,13-15H2,(H,28,31). The minimum absolute atomic E-state index is 0.0300. The molecule has 0 bridgehead atoms. The summed E-state index contributed by atoms with van der Waals surface area (Å²) < 4.78 is 5.83. The maximum atomic E-state index is 12.9. The van der Waals surface area contributed by atoms with Crippen LogP contribution in [0.1, 0.15) is 55.3 Å². The van der Waals surface area contributed by atoms with Crippen LogP contribution < -0.4 is 10.1 Å². The van der Waals surface area contributed by atoms with Crippen LogP contribution in [0.5, 0.6) is 5.75 Å². The highest BCUT2D eigenvalue weighted by molar-refractivity contribution is 6.30. The highest BCUT2D eigenvalue weighted by Crippen LogP contribution is 2.37. The number of rotatable bonds is 4. The number of hydrogen-bond acceptors (Lipinski definition) is 4. The second-order valence-electron chi connectivity index (χ2n) is 9.45. The molecule has 3 aliphatic rings. The Morgan fingerprint density at radius 3 is 2.48 bits per heavy atom. The molecule has 6 nitrogen and oxygen atoms in total. The molecule has 2 amide bonds. The van der Waals surface area contributed by atoms with Gasteiger partial charge < -0.3 is 20.1 Å². The van der Waals surface area contributed by atoms with Gasteiger partial charge in [0.1, 0.15) is 5.75 Å². The first-order chi connectivity index (χ1) is 16.0. The van der Waals surface area contributed by atoms with Gasteiger partial charge >= 0.3 is 0 Å². The predicted octanol–water partition coefficient (Wildman–Crippen LogP) is 3.83. The van der Waals surface area contributed by atoms with Crippen LogP contribution in [0.4, 0.5) is 0 Å². The van der Waals surface area contributed by atoms with E-state index in [-0.39, 0.29) is 30.2 Å². The Hall–Kier alpha value is -2.57. The molecule has 2 aliphatic heterocycles. The van der Waals surface area contributed by atoms with Crippen LogP contribution in [0.2, 0.25) is 5.02 Å². The number of likely N-dealkylation sites (tertiary alicyclic amines) is 1. The number of carbonyl (C=O) groups excluding carboxylic acids is 2. The van der Waals surface area contributed by atoms with Crippen LogP contribution in [0.3, 0.4) is 0 Å². The van der Waals surface area contributed by atoms with E-state index in [0.29, 0.717) is 22.3 Å². The number of benzene rings is 2. The van der Waals surface area contributed by atoms with Crippen molar-refractivity contribution >= 4 is 23.4 Å². The van der Waals surface area contributed by atoms with Gasteiger partial charge in [0, 0.05) is 48.0 Å². The zero-order valence-electron chi connectivity index (χ0n) is 18.5. The van der Waals surface area contributed by atoms with E-state index in [2.05, 4.69) is 17.4 Å². The van der Waals surface area contributed by atoms with E-state index < -0.39 is 12.2 Å². The molecule has 1 aliphatic carbocycles. The monoisotopic (exact) mass is 468 g/mol. The normalized spacial score (nSPS) is 27.2. The summed E-state index contributed by atoms with van der Waals surface area (Å²) in [6.07, 6.45) is 1.80. The number of aliphatic hydroxyl groups is 1. The van der Waals surface area contributed by atoms with Gasteiger partial charge in [0.2, 0.25) is 5.91 Å². The van der Waals surface area contributed by atoms with E-state index in [0.717, 1.165) is 38.8 Å². The Bertz CT molecular complexity index is 1020.